The second-order valence-corrected chi connectivity index (χ2v) is 6.58. The fraction of sp³-hybridized carbons (Fsp3) is 0.0952. The Hall–Kier alpha value is -3.94. The minimum absolute atomic E-state index is 0.255. The molecule has 0 aliphatic heterocycles. The monoisotopic (exact) mass is 387 g/mol. The molecule has 0 spiro atoms. The van der Waals surface area contributed by atoms with Crippen molar-refractivity contribution in [3.63, 3.8) is 0 Å². The van der Waals surface area contributed by atoms with Crippen LogP contribution in [-0.4, -0.2) is 33.2 Å². The first kappa shape index (κ1) is 18.4. The van der Waals surface area contributed by atoms with Crippen molar-refractivity contribution in [3.05, 3.63) is 71.9 Å². The topological polar surface area (TPSA) is 105 Å². The van der Waals surface area contributed by atoms with Crippen molar-refractivity contribution in [2.75, 3.05) is 17.7 Å². The van der Waals surface area contributed by atoms with Gasteiger partial charge in [0.05, 0.1) is 28.5 Å². The van der Waals surface area contributed by atoms with E-state index < -0.39 is 0 Å². The summed E-state index contributed by atoms with van der Waals surface area (Å²) < 4.78 is 13.4. The molecule has 4 rings (SSSR count). The molecule has 0 amide bonds. The summed E-state index contributed by atoms with van der Waals surface area (Å²) in [5, 5.41) is 7.58. The van der Waals surface area contributed by atoms with Gasteiger partial charge in [0.2, 0.25) is 0 Å². The predicted octanol–water partition coefficient (Wildman–Crippen LogP) is 3.44. The maximum Gasteiger partial charge on any atom is 0.147 e. The third kappa shape index (κ3) is 3.73. The summed E-state index contributed by atoms with van der Waals surface area (Å²) in [4.78, 5) is 19.3. The van der Waals surface area contributed by atoms with Crippen molar-refractivity contribution in [2.45, 2.75) is 6.54 Å². The molecule has 4 aromatic rings. The Balaban J connectivity index is 1.65. The molecule has 0 aliphatic rings. The number of nitrogen functional groups attached to an aromatic ring is 1. The number of rotatable bonds is 5. The van der Waals surface area contributed by atoms with Gasteiger partial charge in [-0.3, -0.25) is 4.98 Å². The van der Waals surface area contributed by atoms with Crippen LogP contribution in [0.4, 0.5) is 16.0 Å². The molecule has 0 fully saturated rings. The number of nitrogens with two attached hydrogens (primary N) is 1. The molecule has 2 aromatic carbocycles. The fourth-order valence-electron chi connectivity index (χ4n) is 3.10. The van der Waals surface area contributed by atoms with Crippen LogP contribution in [0.5, 0.6) is 0 Å². The smallest absolute Gasteiger partial charge is 0.147 e. The van der Waals surface area contributed by atoms with E-state index >= 15 is 0 Å². The van der Waals surface area contributed by atoms with Gasteiger partial charge in [-0.25, -0.2) is 19.3 Å². The maximum absolute atomic E-state index is 13.4. The Morgan fingerprint density at radius 2 is 1.97 bits per heavy atom. The Kier molecular flexibility index (Phi) is 4.82. The lowest BCUT2D eigenvalue weighted by molar-refractivity contribution is 0.625. The van der Waals surface area contributed by atoms with Crippen molar-refractivity contribution in [2.24, 2.45) is 0 Å². The van der Waals surface area contributed by atoms with Crippen molar-refractivity contribution in [1.82, 2.24) is 19.9 Å². The standard InChI is InChI=1S/C21H18FN7/c1-29(11-13-3-2-4-15(22)7-13)19-10-25-18-8-14(5-6-17(18)28-19)20-16(9-23)21(24)27-12-26-20/h2-10,12,23H,11H2,1H3,(H2,24,26,27). The number of aromatic nitrogens is 4. The van der Waals surface area contributed by atoms with Crippen molar-refractivity contribution in [1.29, 1.82) is 5.41 Å². The largest absolute Gasteiger partial charge is 0.383 e. The molecular formula is C21H18FN7. The minimum atomic E-state index is -0.261. The van der Waals surface area contributed by atoms with Gasteiger partial charge in [-0.05, 0) is 29.8 Å². The quantitative estimate of drug-likeness (QED) is 0.508. The highest BCUT2D eigenvalue weighted by Crippen LogP contribution is 2.26. The summed E-state index contributed by atoms with van der Waals surface area (Å²) in [5.41, 5.74) is 9.93. The van der Waals surface area contributed by atoms with Gasteiger partial charge in [0.1, 0.15) is 23.8 Å². The Morgan fingerprint density at radius 1 is 1.10 bits per heavy atom. The Morgan fingerprint density at radius 3 is 2.76 bits per heavy atom. The van der Waals surface area contributed by atoms with E-state index in [2.05, 4.69) is 19.9 Å². The Bertz CT molecular complexity index is 1210. The summed E-state index contributed by atoms with van der Waals surface area (Å²) in [6.07, 6.45) is 4.19. The number of anilines is 2. The van der Waals surface area contributed by atoms with Gasteiger partial charge in [-0.2, -0.15) is 0 Å². The second kappa shape index (κ2) is 7.59. The van der Waals surface area contributed by atoms with E-state index in [1.807, 2.05) is 36.2 Å². The fourth-order valence-corrected chi connectivity index (χ4v) is 3.10. The van der Waals surface area contributed by atoms with Crippen LogP contribution >= 0.6 is 0 Å². The summed E-state index contributed by atoms with van der Waals surface area (Å²) >= 11 is 0. The number of nitrogens with one attached hydrogen (secondary N) is 1. The maximum atomic E-state index is 13.4. The molecule has 3 N–H and O–H groups in total. The van der Waals surface area contributed by atoms with Gasteiger partial charge >= 0.3 is 0 Å². The van der Waals surface area contributed by atoms with Crippen molar-refractivity contribution < 1.29 is 4.39 Å². The molecule has 0 saturated heterocycles. The highest BCUT2D eigenvalue weighted by atomic mass is 19.1. The van der Waals surface area contributed by atoms with E-state index in [0.717, 1.165) is 22.9 Å². The zero-order valence-electron chi connectivity index (χ0n) is 15.7. The molecular weight excluding hydrogens is 369 g/mol. The second-order valence-electron chi connectivity index (χ2n) is 6.58. The lowest BCUT2D eigenvalue weighted by Crippen LogP contribution is -2.18. The minimum Gasteiger partial charge on any atom is -0.383 e. The Labute approximate surface area is 166 Å². The molecule has 7 nitrogen and oxygen atoms in total. The van der Waals surface area contributed by atoms with E-state index in [0.29, 0.717) is 29.1 Å². The highest BCUT2D eigenvalue weighted by Gasteiger charge is 2.12. The van der Waals surface area contributed by atoms with Gasteiger partial charge < -0.3 is 16.0 Å². The third-order valence-electron chi connectivity index (χ3n) is 4.56. The van der Waals surface area contributed by atoms with Gasteiger partial charge in [-0.15, -0.1) is 0 Å². The number of benzene rings is 2. The molecule has 0 radical (unpaired) electrons. The molecule has 0 aliphatic carbocycles. The number of halogens is 1. The molecule has 0 atom stereocenters. The highest BCUT2D eigenvalue weighted by molar-refractivity contribution is 5.93. The molecule has 144 valence electrons. The molecule has 2 heterocycles. The van der Waals surface area contributed by atoms with Gasteiger partial charge in [0, 0.05) is 25.4 Å². The van der Waals surface area contributed by atoms with Gasteiger partial charge in [0.15, 0.2) is 0 Å². The van der Waals surface area contributed by atoms with E-state index in [-0.39, 0.29) is 11.6 Å². The zero-order chi connectivity index (χ0) is 20.4. The summed E-state index contributed by atoms with van der Waals surface area (Å²) in [6.45, 7) is 0.513. The molecule has 0 saturated carbocycles. The van der Waals surface area contributed by atoms with Crippen molar-refractivity contribution >= 4 is 28.9 Å². The third-order valence-corrected chi connectivity index (χ3v) is 4.56. The molecule has 0 unspecified atom stereocenters. The number of nitrogens with zero attached hydrogens (tertiary/aromatic N) is 5. The average Bonchev–Trinajstić information content (AvgIpc) is 2.72. The van der Waals surface area contributed by atoms with Gasteiger partial charge in [-0.1, -0.05) is 18.2 Å². The first-order valence-corrected chi connectivity index (χ1v) is 8.89. The van der Waals surface area contributed by atoms with Crippen LogP contribution in [0.2, 0.25) is 0 Å². The van der Waals surface area contributed by atoms with E-state index in [1.165, 1.54) is 18.5 Å². The lowest BCUT2D eigenvalue weighted by Gasteiger charge is -2.18. The van der Waals surface area contributed by atoms with Crippen LogP contribution in [0.1, 0.15) is 11.1 Å². The summed E-state index contributed by atoms with van der Waals surface area (Å²) in [7, 11) is 1.88. The number of hydrogen-bond donors (Lipinski definition) is 2. The van der Waals surface area contributed by atoms with Crippen LogP contribution in [-0.2, 0) is 6.54 Å². The summed E-state index contributed by atoms with van der Waals surface area (Å²) in [5.74, 6) is 0.675. The van der Waals surface area contributed by atoms with E-state index in [4.69, 9.17) is 11.1 Å². The number of fused-ring (bicyclic) bond motifs is 1. The van der Waals surface area contributed by atoms with Gasteiger partial charge in [0.25, 0.3) is 0 Å². The first-order valence-electron chi connectivity index (χ1n) is 8.89. The van der Waals surface area contributed by atoms with Crippen LogP contribution in [0, 0.1) is 11.2 Å². The SMILES string of the molecule is CN(Cc1cccc(F)c1)c1cnc2cc(-c3ncnc(N)c3C=N)ccc2n1. The molecule has 0 bridgehead atoms. The molecule has 2 aromatic heterocycles. The van der Waals surface area contributed by atoms with E-state index in [9.17, 15) is 4.39 Å². The van der Waals surface area contributed by atoms with Crippen LogP contribution in [0.15, 0.2) is 55.0 Å². The summed E-state index contributed by atoms with van der Waals surface area (Å²) in [6, 6.07) is 12.1. The van der Waals surface area contributed by atoms with Crippen molar-refractivity contribution in [3.8, 4) is 11.3 Å². The van der Waals surface area contributed by atoms with Crippen LogP contribution in [0.25, 0.3) is 22.3 Å². The number of hydrogen-bond acceptors (Lipinski definition) is 7. The normalized spacial score (nSPS) is 10.8. The zero-order valence-corrected chi connectivity index (χ0v) is 15.7. The van der Waals surface area contributed by atoms with E-state index in [1.54, 1.807) is 12.3 Å². The predicted molar refractivity (Wildman–Crippen MR) is 111 cm³/mol. The first-order chi connectivity index (χ1) is 14.0. The van der Waals surface area contributed by atoms with Crippen LogP contribution < -0.4 is 10.6 Å². The molecule has 29 heavy (non-hydrogen) atoms. The van der Waals surface area contributed by atoms with Crippen LogP contribution in [0.3, 0.4) is 0 Å². The molecule has 8 heteroatoms. The lowest BCUT2D eigenvalue weighted by atomic mass is 10.1. The average molecular weight is 387 g/mol.